The van der Waals surface area contributed by atoms with Gasteiger partial charge in [0.25, 0.3) is 0 Å². The number of nitrogens with one attached hydrogen (secondary N) is 1. The molecule has 0 saturated heterocycles. The molecule has 0 bridgehead atoms. The molecule has 5 aromatic rings. The monoisotopic (exact) mass is 546 g/mol. The predicted octanol–water partition coefficient (Wildman–Crippen LogP) is 7.04. The van der Waals surface area contributed by atoms with Crippen molar-refractivity contribution in [2.45, 2.75) is 13.0 Å². The van der Waals surface area contributed by atoms with Crippen LogP contribution in [0.5, 0.6) is 11.5 Å². The van der Waals surface area contributed by atoms with Gasteiger partial charge in [0.05, 0.1) is 28.8 Å². The van der Waals surface area contributed by atoms with Gasteiger partial charge in [0.2, 0.25) is 0 Å². The fraction of sp³-hybridized carbons (Fsp3) is 0.0645. The number of rotatable bonds is 3. The summed E-state index contributed by atoms with van der Waals surface area (Å²) in [5.41, 5.74) is 5.76. The van der Waals surface area contributed by atoms with Crippen molar-refractivity contribution in [1.82, 2.24) is 9.78 Å². The molecule has 40 heavy (non-hydrogen) atoms. The van der Waals surface area contributed by atoms with Crippen LogP contribution in [0.2, 0.25) is 5.02 Å². The van der Waals surface area contributed by atoms with Crippen LogP contribution in [0.25, 0.3) is 5.69 Å². The van der Waals surface area contributed by atoms with Crippen molar-refractivity contribution in [2.24, 2.45) is 9.98 Å². The van der Waals surface area contributed by atoms with Crippen LogP contribution >= 0.6 is 11.6 Å². The molecule has 7 rings (SSSR count). The SMILES string of the molecule is Cc1nn(-c2ccccc2)c2c1[C@H](c1ccc(O)c(O)c1)N1C(=N2)C(Nc2ccc(Cl)cc2)=Nc2ccccc21. The van der Waals surface area contributed by atoms with Crippen LogP contribution in [0.4, 0.5) is 22.9 Å². The fourth-order valence-corrected chi connectivity index (χ4v) is 5.37. The summed E-state index contributed by atoms with van der Waals surface area (Å²) in [6, 6.07) is 29.6. The first-order valence-electron chi connectivity index (χ1n) is 12.7. The van der Waals surface area contributed by atoms with Crippen molar-refractivity contribution in [1.29, 1.82) is 0 Å². The number of halogens is 1. The first-order chi connectivity index (χ1) is 19.5. The number of nitrogens with zero attached hydrogens (tertiary/aromatic N) is 5. The number of aliphatic imine (C=N–C) groups is 2. The molecule has 0 amide bonds. The number of fused-ring (bicyclic) bond motifs is 4. The van der Waals surface area contributed by atoms with Crippen molar-refractivity contribution in [3.63, 3.8) is 0 Å². The first-order valence-corrected chi connectivity index (χ1v) is 13.1. The molecule has 196 valence electrons. The topological polar surface area (TPSA) is 98.3 Å². The maximum atomic E-state index is 10.5. The Labute approximate surface area is 235 Å². The third kappa shape index (κ3) is 3.88. The molecule has 9 heteroatoms. The molecule has 0 aliphatic carbocycles. The zero-order chi connectivity index (χ0) is 27.4. The van der Waals surface area contributed by atoms with Gasteiger partial charge in [0.15, 0.2) is 29.0 Å². The summed E-state index contributed by atoms with van der Waals surface area (Å²) in [6.45, 7) is 1.96. The Kier molecular flexibility index (Phi) is 5.57. The second-order valence-electron chi connectivity index (χ2n) is 9.61. The van der Waals surface area contributed by atoms with Gasteiger partial charge in [-0.1, -0.05) is 48.0 Å². The van der Waals surface area contributed by atoms with E-state index >= 15 is 0 Å². The van der Waals surface area contributed by atoms with Crippen LogP contribution in [0.15, 0.2) is 107 Å². The second-order valence-corrected chi connectivity index (χ2v) is 10.0. The fourth-order valence-electron chi connectivity index (χ4n) is 5.24. The lowest BCUT2D eigenvalue weighted by Crippen LogP contribution is -2.46. The van der Waals surface area contributed by atoms with E-state index in [1.807, 2.05) is 96.5 Å². The molecule has 1 aromatic heterocycles. The van der Waals surface area contributed by atoms with E-state index in [4.69, 9.17) is 26.7 Å². The summed E-state index contributed by atoms with van der Waals surface area (Å²) in [6.07, 6.45) is 0. The summed E-state index contributed by atoms with van der Waals surface area (Å²) in [7, 11) is 0. The van der Waals surface area contributed by atoms with E-state index in [1.165, 1.54) is 6.07 Å². The normalized spacial score (nSPS) is 15.4. The Bertz CT molecular complexity index is 1830. The first kappa shape index (κ1) is 24.0. The number of para-hydroxylation sites is 3. The highest BCUT2D eigenvalue weighted by atomic mass is 35.5. The van der Waals surface area contributed by atoms with E-state index in [2.05, 4.69) is 10.2 Å². The van der Waals surface area contributed by atoms with E-state index < -0.39 is 6.04 Å². The highest BCUT2D eigenvalue weighted by Crippen LogP contribution is 2.49. The zero-order valence-corrected chi connectivity index (χ0v) is 22.1. The van der Waals surface area contributed by atoms with Gasteiger partial charge in [0, 0.05) is 16.3 Å². The Morgan fingerprint density at radius 1 is 0.825 bits per heavy atom. The van der Waals surface area contributed by atoms with E-state index in [0.29, 0.717) is 22.5 Å². The van der Waals surface area contributed by atoms with E-state index in [-0.39, 0.29) is 11.5 Å². The molecule has 3 N–H and O–H groups in total. The summed E-state index contributed by atoms with van der Waals surface area (Å²) in [4.78, 5) is 12.3. The maximum absolute atomic E-state index is 10.5. The number of phenolic OH excluding ortho intramolecular Hbond substituents is 2. The molecule has 4 aromatic carbocycles. The van der Waals surface area contributed by atoms with E-state index in [0.717, 1.165) is 39.6 Å². The Balaban J connectivity index is 1.50. The second kappa shape index (κ2) is 9.29. The van der Waals surface area contributed by atoms with Crippen LogP contribution in [0.1, 0.15) is 22.9 Å². The number of phenols is 2. The van der Waals surface area contributed by atoms with Gasteiger partial charge in [0.1, 0.15) is 0 Å². The lowest BCUT2D eigenvalue weighted by molar-refractivity contribution is 0.403. The standard InChI is InChI=1S/C31H23ClN6O2/c1-18-27-28(19-11-16-25(39)26(40)17-19)37-24-10-6-5-9-23(24)34-29(33-21-14-12-20(32)13-15-21)31(37)35-30(27)38(36-18)22-7-3-2-4-8-22/h2-17,28,39-40H,1H3,(H,33,34)/t28-/m0/s1. The largest absolute Gasteiger partial charge is 0.504 e. The quantitative estimate of drug-likeness (QED) is 0.211. The lowest BCUT2D eigenvalue weighted by Gasteiger charge is -2.40. The van der Waals surface area contributed by atoms with Crippen molar-refractivity contribution in [3.05, 3.63) is 119 Å². The molecule has 0 unspecified atom stereocenters. The van der Waals surface area contributed by atoms with Crippen molar-refractivity contribution in [2.75, 3.05) is 10.2 Å². The van der Waals surface area contributed by atoms with Crippen molar-refractivity contribution in [3.8, 4) is 17.2 Å². The Morgan fingerprint density at radius 3 is 2.35 bits per heavy atom. The number of aromatic nitrogens is 2. The van der Waals surface area contributed by atoms with E-state index in [9.17, 15) is 10.2 Å². The number of aromatic hydroxyl groups is 2. The number of amidine groups is 2. The molecule has 8 nitrogen and oxygen atoms in total. The molecule has 0 saturated carbocycles. The minimum Gasteiger partial charge on any atom is -0.504 e. The molecule has 2 aliphatic heterocycles. The molecular weight excluding hydrogens is 524 g/mol. The number of anilines is 2. The average Bonchev–Trinajstić information content (AvgIpc) is 3.31. The molecule has 0 fully saturated rings. The molecule has 0 radical (unpaired) electrons. The Morgan fingerprint density at radius 2 is 1.57 bits per heavy atom. The van der Waals surface area contributed by atoms with Gasteiger partial charge >= 0.3 is 0 Å². The highest BCUT2D eigenvalue weighted by Gasteiger charge is 2.41. The van der Waals surface area contributed by atoms with Gasteiger partial charge in [-0.2, -0.15) is 5.10 Å². The zero-order valence-electron chi connectivity index (χ0n) is 21.3. The molecular formula is C31H23ClN6O2. The third-order valence-electron chi connectivity index (χ3n) is 7.06. The number of hydrogen-bond donors (Lipinski definition) is 3. The highest BCUT2D eigenvalue weighted by molar-refractivity contribution is 6.51. The number of hydrogen-bond acceptors (Lipinski definition) is 7. The maximum Gasteiger partial charge on any atom is 0.179 e. The van der Waals surface area contributed by atoms with Crippen LogP contribution < -0.4 is 10.2 Å². The smallest absolute Gasteiger partial charge is 0.179 e. The van der Waals surface area contributed by atoms with Crippen LogP contribution in [-0.4, -0.2) is 31.7 Å². The van der Waals surface area contributed by atoms with Gasteiger partial charge in [-0.05, 0) is 73.2 Å². The summed E-state index contributed by atoms with van der Waals surface area (Å²) < 4.78 is 1.84. The summed E-state index contributed by atoms with van der Waals surface area (Å²) >= 11 is 6.14. The third-order valence-corrected chi connectivity index (χ3v) is 7.31. The van der Waals surface area contributed by atoms with Crippen molar-refractivity contribution >= 4 is 46.2 Å². The lowest BCUT2D eigenvalue weighted by atomic mass is 9.93. The Hall–Kier alpha value is -5.08. The van der Waals surface area contributed by atoms with Crippen LogP contribution in [0.3, 0.4) is 0 Å². The minimum absolute atomic E-state index is 0.184. The van der Waals surface area contributed by atoms with Crippen LogP contribution in [0, 0.1) is 6.92 Å². The summed E-state index contributed by atoms with van der Waals surface area (Å²) in [5.74, 6) is 1.43. The molecule has 1 atom stereocenters. The van der Waals surface area contributed by atoms with Gasteiger partial charge in [-0.3, -0.25) is 0 Å². The van der Waals surface area contributed by atoms with Crippen molar-refractivity contribution < 1.29 is 10.2 Å². The molecule has 2 aliphatic rings. The van der Waals surface area contributed by atoms with Gasteiger partial charge in [-0.15, -0.1) is 0 Å². The number of aryl methyl sites for hydroxylation is 1. The number of benzene rings is 4. The molecule has 0 spiro atoms. The summed E-state index contributed by atoms with van der Waals surface area (Å²) in [5, 5.41) is 29.6. The van der Waals surface area contributed by atoms with Gasteiger partial charge < -0.3 is 20.4 Å². The molecule has 3 heterocycles. The van der Waals surface area contributed by atoms with Gasteiger partial charge in [-0.25, -0.2) is 14.7 Å². The predicted molar refractivity (Wildman–Crippen MR) is 158 cm³/mol. The van der Waals surface area contributed by atoms with Crippen LogP contribution in [-0.2, 0) is 0 Å². The minimum atomic E-state index is -0.426. The average molecular weight is 547 g/mol. The van der Waals surface area contributed by atoms with E-state index in [1.54, 1.807) is 6.07 Å².